The molecule has 0 rings (SSSR count). The lowest BCUT2D eigenvalue weighted by atomic mass is 10.4. The van der Waals surface area contributed by atoms with Crippen LogP contribution in [0.3, 0.4) is 0 Å². The molecule has 0 aliphatic rings. The maximum Gasteiger partial charge on any atom is 0.330 e. The van der Waals surface area contributed by atoms with Gasteiger partial charge in [0.05, 0.1) is 46.2 Å². The van der Waals surface area contributed by atoms with Crippen LogP contribution in [0.2, 0.25) is 0 Å². The summed E-state index contributed by atoms with van der Waals surface area (Å²) in [5.74, 6) is -0.935. The largest absolute Gasteiger partial charge is 0.478 e. The van der Waals surface area contributed by atoms with Crippen molar-refractivity contribution in [2.24, 2.45) is 0 Å². The minimum atomic E-state index is -0.935. The van der Waals surface area contributed by atoms with Crippen molar-refractivity contribution in [3.05, 3.63) is 12.2 Å². The molecular formula is C15H30O8. The van der Waals surface area contributed by atoms with Gasteiger partial charge in [-0.3, -0.25) is 0 Å². The van der Waals surface area contributed by atoms with E-state index in [9.17, 15) is 9.90 Å². The fourth-order valence-corrected chi connectivity index (χ4v) is 0.991. The highest BCUT2D eigenvalue weighted by atomic mass is 16.6. The third-order valence-corrected chi connectivity index (χ3v) is 2.12. The Morgan fingerprint density at radius 2 is 1.52 bits per heavy atom. The van der Waals surface area contributed by atoms with E-state index in [2.05, 4.69) is 6.58 Å². The van der Waals surface area contributed by atoms with E-state index in [1.807, 2.05) is 6.92 Å². The SMILES string of the molecule is C=C(C)C(=O)O.CCCOC(O)COCCOCCOCCO. The predicted molar refractivity (Wildman–Crippen MR) is 84.2 cm³/mol. The normalized spacial score (nSPS) is 11.5. The summed E-state index contributed by atoms with van der Waals surface area (Å²) in [5.41, 5.74) is 0.176. The lowest BCUT2D eigenvalue weighted by Crippen LogP contribution is -2.21. The second-order valence-corrected chi connectivity index (χ2v) is 4.43. The van der Waals surface area contributed by atoms with E-state index in [1.54, 1.807) is 0 Å². The fourth-order valence-electron chi connectivity index (χ4n) is 0.991. The Bertz CT molecular complexity index is 271. The molecule has 0 spiro atoms. The molecule has 0 aromatic rings. The van der Waals surface area contributed by atoms with Crippen LogP contribution < -0.4 is 0 Å². The topological polar surface area (TPSA) is 115 Å². The average molecular weight is 338 g/mol. The van der Waals surface area contributed by atoms with Crippen LogP contribution >= 0.6 is 0 Å². The van der Waals surface area contributed by atoms with Gasteiger partial charge in [0.1, 0.15) is 0 Å². The lowest BCUT2D eigenvalue weighted by molar-refractivity contribution is -0.141. The van der Waals surface area contributed by atoms with E-state index in [1.165, 1.54) is 6.92 Å². The molecule has 0 saturated carbocycles. The average Bonchev–Trinajstić information content (AvgIpc) is 2.51. The second-order valence-electron chi connectivity index (χ2n) is 4.43. The minimum absolute atomic E-state index is 0.0265. The Hall–Kier alpha value is -1.03. The number of carbonyl (C=O) groups is 1. The van der Waals surface area contributed by atoms with Crippen LogP contribution in [0.4, 0.5) is 0 Å². The minimum Gasteiger partial charge on any atom is -0.478 e. The molecule has 0 amide bonds. The Labute approximate surface area is 137 Å². The maximum absolute atomic E-state index is 9.60. The van der Waals surface area contributed by atoms with Gasteiger partial charge < -0.3 is 34.3 Å². The smallest absolute Gasteiger partial charge is 0.330 e. The highest BCUT2D eigenvalue weighted by Gasteiger charge is 2.02. The molecule has 3 N–H and O–H groups in total. The number of hydrogen-bond acceptors (Lipinski definition) is 7. The standard InChI is InChI=1S/C11H24O6.C4H6O2/c1-2-4-17-11(13)10-16-9-8-15-7-6-14-5-3-12;1-3(2)4(5)6/h11-13H,2-10H2,1H3;1H2,2H3,(H,5,6). The molecule has 1 atom stereocenters. The molecule has 138 valence electrons. The molecule has 8 nitrogen and oxygen atoms in total. The van der Waals surface area contributed by atoms with Crippen molar-refractivity contribution >= 4 is 5.97 Å². The van der Waals surface area contributed by atoms with Crippen LogP contribution in [-0.2, 0) is 23.7 Å². The molecular weight excluding hydrogens is 308 g/mol. The van der Waals surface area contributed by atoms with Crippen molar-refractivity contribution in [2.45, 2.75) is 26.6 Å². The van der Waals surface area contributed by atoms with Gasteiger partial charge >= 0.3 is 5.97 Å². The van der Waals surface area contributed by atoms with E-state index in [0.29, 0.717) is 39.6 Å². The molecule has 0 bridgehead atoms. The maximum atomic E-state index is 9.60. The number of carboxylic acids is 1. The van der Waals surface area contributed by atoms with E-state index >= 15 is 0 Å². The summed E-state index contributed by atoms with van der Waals surface area (Å²) in [6.07, 6.45) is 0.0106. The van der Waals surface area contributed by atoms with Gasteiger partial charge in [0.25, 0.3) is 0 Å². The van der Waals surface area contributed by atoms with E-state index in [-0.39, 0.29) is 18.8 Å². The van der Waals surface area contributed by atoms with Crippen molar-refractivity contribution in [1.82, 2.24) is 0 Å². The molecule has 1 unspecified atom stereocenters. The number of hydrogen-bond donors (Lipinski definition) is 3. The van der Waals surface area contributed by atoms with Crippen LogP contribution in [0.5, 0.6) is 0 Å². The van der Waals surface area contributed by atoms with Crippen LogP contribution in [-0.4, -0.2) is 80.4 Å². The molecule has 0 fully saturated rings. The first-order chi connectivity index (χ1) is 11.0. The van der Waals surface area contributed by atoms with Gasteiger partial charge in [-0.25, -0.2) is 4.79 Å². The van der Waals surface area contributed by atoms with Gasteiger partial charge in [0.2, 0.25) is 0 Å². The van der Waals surface area contributed by atoms with Crippen molar-refractivity contribution in [2.75, 3.05) is 52.9 Å². The van der Waals surface area contributed by atoms with E-state index < -0.39 is 12.3 Å². The van der Waals surface area contributed by atoms with Crippen molar-refractivity contribution in [3.63, 3.8) is 0 Å². The number of rotatable bonds is 14. The Balaban J connectivity index is 0. The van der Waals surface area contributed by atoms with Crippen molar-refractivity contribution in [1.29, 1.82) is 0 Å². The second kappa shape index (κ2) is 19.0. The first kappa shape index (κ1) is 24.2. The Morgan fingerprint density at radius 1 is 1.04 bits per heavy atom. The molecule has 0 radical (unpaired) electrons. The fraction of sp³-hybridized carbons (Fsp3) is 0.800. The molecule has 0 aliphatic carbocycles. The van der Waals surface area contributed by atoms with Crippen LogP contribution in [0.1, 0.15) is 20.3 Å². The molecule has 0 saturated heterocycles. The third-order valence-electron chi connectivity index (χ3n) is 2.12. The van der Waals surface area contributed by atoms with Crippen molar-refractivity contribution < 1.29 is 39.1 Å². The lowest BCUT2D eigenvalue weighted by Gasteiger charge is -2.11. The number of aliphatic carboxylic acids is 1. The molecule has 0 aromatic carbocycles. The molecule has 23 heavy (non-hydrogen) atoms. The summed E-state index contributed by atoms with van der Waals surface area (Å²) in [6, 6.07) is 0. The molecule has 0 heterocycles. The summed E-state index contributed by atoms with van der Waals surface area (Å²) in [5, 5.41) is 25.6. The highest BCUT2D eigenvalue weighted by Crippen LogP contribution is 1.91. The summed E-state index contributed by atoms with van der Waals surface area (Å²) >= 11 is 0. The van der Waals surface area contributed by atoms with Crippen molar-refractivity contribution in [3.8, 4) is 0 Å². The van der Waals surface area contributed by atoms with Crippen LogP contribution in [0, 0.1) is 0 Å². The summed E-state index contributed by atoms with van der Waals surface area (Å²) in [4.78, 5) is 9.60. The summed E-state index contributed by atoms with van der Waals surface area (Å²) < 4.78 is 20.3. The number of aliphatic hydroxyl groups is 2. The van der Waals surface area contributed by atoms with Crippen LogP contribution in [0.25, 0.3) is 0 Å². The summed E-state index contributed by atoms with van der Waals surface area (Å²) in [7, 11) is 0. The van der Waals surface area contributed by atoms with E-state index in [0.717, 1.165) is 6.42 Å². The zero-order chi connectivity index (χ0) is 17.9. The summed E-state index contributed by atoms with van der Waals surface area (Å²) in [6.45, 7) is 9.41. The van der Waals surface area contributed by atoms with Gasteiger partial charge in [0, 0.05) is 12.2 Å². The molecule has 8 heteroatoms. The van der Waals surface area contributed by atoms with E-state index in [4.69, 9.17) is 29.2 Å². The number of ether oxygens (including phenoxy) is 4. The Kier molecular flexibility index (Phi) is 20.0. The van der Waals surface area contributed by atoms with Gasteiger partial charge in [0.15, 0.2) is 6.29 Å². The van der Waals surface area contributed by atoms with Gasteiger partial charge in [-0.1, -0.05) is 13.5 Å². The Morgan fingerprint density at radius 3 is 1.96 bits per heavy atom. The third kappa shape index (κ3) is 23.4. The van der Waals surface area contributed by atoms with Gasteiger partial charge in [-0.2, -0.15) is 0 Å². The molecule has 0 aliphatic heterocycles. The molecule has 0 aromatic heterocycles. The first-order valence-electron chi connectivity index (χ1n) is 7.48. The quantitative estimate of drug-likeness (QED) is 0.237. The number of aliphatic hydroxyl groups excluding tert-OH is 2. The zero-order valence-electron chi connectivity index (χ0n) is 14.0. The van der Waals surface area contributed by atoms with Gasteiger partial charge in [-0.05, 0) is 13.3 Å². The highest BCUT2D eigenvalue weighted by molar-refractivity contribution is 5.84. The number of carboxylic acid groups (broad SMARTS) is 1. The van der Waals surface area contributed by atoms with Gasteiger partial charge in [-0.15, -0.1) is 0 Å². The zero-order valence-corrected chi connectivity index (χ0v) is 14.0. The predicted octanol–water partition coefficient (Wildman–Crippen LogP) is 0.421. The monoisotopic (exact) mass is 338 g/mol. The van der Waals surface area contributed by atoms with Crippen LogP contribution in [0.15, 0.2) is 12.2 Å². The first-order valence-corrected chi connectivity index (χ1v) is 7.48.